The lowest BCUT2D eigenvalue weighted by Gasteiger charge is -2.25. The molecule has 2 heterocycles. The lowest BCUT2D eigenvalue weighted by molar-refractivity contribution is 0.187. The topological polar surface area (TPSA) is 83.9 Å². The van der Waals surface area contributed by atoms with Crippen LogP contribution in [0.15, 0.2) is 14.5 Å². The molecular formula is C10H15NO5S3. The van der Waals surface area contributed by atoms with Crippen molar-refractivity contribution in [2.24, 2.45) is 0 Å². The molecule has 9 heteroatoms. The molecule has 0 radical (unpaired) electrons. The summed E-state index contributed by atoms with van der Waals surface area (Å²) in [6, 6.07) is 1.51. The number of ether oxygens (including phenoxy) is 1. The Balaban J connectivity index is 2.25. The highest BCUT2D eigenvalue weighted by molar-refractivity contribution is 7.92. The Kier molecular flexibility index (Phi) is 4.75. The van der Waals surface area contributed by atoms with E-state index in [4.69, 9.17) is 9.29 Å². The fourth-order valence-electron chi connectivity index (χ4n) is 1.97. The van der Waals surface area contributed by atoms with E-state index in [0.717, 1.165) is 11.3 Å². The van der Waals surface area contributed by atoms with E-state index in [1.807, 2.05) is 0 Å². The molecule has 0 saturated heterocycles. The first-order valence-corrected chi connectivity index (χ1v) is 9.06. The fourth-order valence-corrected chi connectivity index (χ4v) is 6.01. The van der Waals surface area contributed by atoms with Crippen molar-refractivity contribution >= 4 is 32.4 Å². The van der Waals surface area contributed by atoms with Crippen molar-refractivity contribution in [3.8, 4) is 0 Å². The van der Waals surface area contributed by atoms with Gasteiger partial charge in [0.25, 0.3) is 10.0 Å². The van der Waals surface area contributed by atoms with Gasteiger partial charge in [-0.2, -0.15) is 4.31 Å². The number of thiophene rings is 1. The van der Waals surface area contributed by atoms with E-state index in [1.54, 1.807) is 7.11 Å². The Morgan fingerprint density at radius 1 is 1.58 bits per heavy atom. The molecule has 108 valence electrons. The van der Waals surface area contributed by atoms with Gasteiger partial charge >= 0.3 is 0 Å². The average molecular weight is 325 g/mol. The molecule has 0 bridgehead atoms. The van der Waals surface area contributed by atoms with Gasteiger partial charge in [0.2, 0.25) is 0 Å². The Bertz CT molecular complexity index is 580. The molecule has 1 aromatic heterocycles. The van der Waals surface area contributed by atoms with Gasteiger partial charge in [-0.05, 0) is 24.5 Å². The lowest BCUT2D eigenvalue weighted by Crippen LogP contribution is -2.37. The normalized spacial score (nSPS) is 20.1. The van der Waals surface area contributed by atoms with Gasteiger partial charge in [0.15, 0.2) is 11.1 Å². The maximum absolute atomic E-state index is 12.3. The summed E-state index contributed by atoms with van der Waals surface area (Å²) >= 11 is -1.25. The van der Waals surface area contributed by atoms with Crippen molar-refractivity contribution in [3.63, 3.8) is 0 Å². The summed E-state index contributed by atoms with van der Waals surface area (Å²) < 4.78 is 51.5. The van der Waals surface area contributed by atoms with Crippen LogP contribution in [0.3, 0.4) is 0 Å². The van der Waals surface area contributed by atoms with Crippen LogP contribution in [0.5, 0.6) is 0 Å². The van der Waals surface area contributed by atoms with E-state index in [9.17, 15) is 12.6 Å². The zero-order chi connectivity index (χ0) is 14.0. The standard InChI is InChI=1S/C10H15NO5S3/c1-16-6-2-4-11-5-3-8-7-9(18(12)13)17-10(8)19(11,14)15/h7H,2-6H2,1H3,(H,12,13). The van der Waals surface area contributed by atoms with Crippen molar-refractivity contribution < 1.29 is 21.9 Å². The molecule has 1 N–H and O–H groups in total. The smallest absolute Gasteiger partial charge is 0.252 e. The quantitative estimate of drug-likeness (QED) is 0.643. The van der Waals surface area contributed by atoms with Gasteiger partial charge < -0.3 is 9.29 Å². The van der Waals surface area contributed by atoms with Crippen LogP contribution in [-0.2, 0) is 32.3 Å². The number of hydrogen-bond donors (Lipinski definition) is 1. The minimum atomic E-state index is -3.53. The Hall–Kier alpha value is -0.320. The van der Waals surface area contributed by atoms with Crippen molar-refractivity contribution in [2.75, 3.05) is 26.8 Å². The van der Waals surface area contributed by atoms with Gasteiger partial charge in [0.1, 0.15) is 8.42 Å². The fraction of sp³-hybridized carbons (Fsp3) is 0.600. The molecule has 1 aromatic rings. The van der Waals surface area contributed by atoms with Crippen LogP contribution in [0.4, 0.5) is 0 Å². The molecule has 0 spiro atoms. The third-order valence-electron chi connectivity index (χ3n) is 2.88. The summed E-state index contributed by atoms with van der Waals surface area (Å²) in [5, 5.41) is 0. The zero-order valence-electron chi connectivity index (χ0n) is 10.4. The lowest BCUT2D eigenvalue weighted by atomic mass is 10.2. The number of rotatable bonds is 5. The summed E-state index contributed by atoms with van der Waals surface area (Å²) in [6.07, 6.45) is 1.21. The first kappa shape index (κ1) is 15.1. The Morgan fingerprint density at radius 2 is 2.32 bits per heavy atom. The summed E-state index contributed by atoms with van der Waals surface area (Å²) in [7, 11) is -1.95. The predicted octanol–water partition coefficient (Wildman–Crippen LogP) is 0.912. The van der Waals surface area contributed by atoms with Crippen LogP contribution in [0.1, 0.15) is 12.0 Å². The zero-order valence-corrected chi connectivity index (χ0v) is 12.8. The van der Waals surface area contributed by atoms with E-state index in [1.165, 1.54) is 10.4 Å². The molecule has 6 nitrogen and oxygen atoms in total. The van der Waals surface area contributed by atoms with Crippen molar-refractivity contribution in [1.82, 2.24) is 4.31 Å². The molecule has 1 unspecified atom stereocenters. The monoisotopic (exact) mass is 325 g/mol. The molecule has 0 saturated carbocycles. The molecule has 1 aliphatic heterocycles. The molecule has 1 atom stereocenters. The van der Waals surface area contributed by atoms with Gasteiger partial charge in [-0.15, -0.1) is 11.3 Å². The van der Waals surface area contributed by atoms with Gasteiger partial charge in [-0.25, -0.2) is 12.6 Å². The first-order chi connectivity index (χ1) is 8.96. The van der Waals surface area contributed by atoms with Crippen molar-refractivity contribution in [1.29, 1.82) is 0 Å². The van der Waals surface area contributed by atoms with E-state index < -0.39 is 21.1 Å². The summed E-state index contributed by atoms with van der Waals surface area (Å²) in [5.41, 5.74) is 0.644. The van der Waals surface area contributed by atoms with Crippen LogP contribution in [-0.4, -0.2) is 48.3 Å². The molecule has 0 aliphatic carbocycles. The Morgan fingerprint density at radius 3 is 2.95 bits per heavy atom. The molecular weight excluding hydrogens is 310 g/mol. The maximum atomic E-state index is 12.3. The van der Waals surface area contributed by atoms with Gasteiger partial charge in [-0.1, -0.05) is 0 Å². The minimum absolute atomic E-state index is 0.187. The molecule has 0 fully saturated rings. The van der Waals surface area contributed by atoms with Crippen LogP contribution < -0.4 is 0 Å². The Labute approximate surface area is 118 Å². The maximum Gasteiger partial charge on any atom is 0.252 e. The van der Waals surface area contributed by atoms with E-state index in [2.05, 4.69) is 0 Å². The number of methoxy groups -OCH3 is 1. The van der Waals surface area contributed by atoms with Crippen LogP contribution in [0.25, 0.3) is 0 Å². The van der Waals surface area contributed by atoms with E-state index in [-0.39, 0.29) is 8.42 Å². The minimum Gasteiger partial charge on any atom is -0.385 e. The van der Waals surface area contributed by atoms with Crippen molar-refractivity contribution in [3.05, 3.63) is 11.6 Å². The highest BCUT2D eigenvalue weighted by Gasteiger charge is 2.33. The van der Waals surface area contributed by atoms with Gasteiger partial charge in [-0.3, -0.25) is 0 Å². The molecule has 0 amide bonds. The van der Waals surface area contributed by atoms with Gasteiger partial charge in [0, 0.05) is 26.8 Å². The third-order valence-corrected chi connectivity index (χ3v) is 7.44. The SMILES string of the molecule is COCCCN1CCc2cc(S(=O)O)sc2S1(=O)=O. The van der Waals surface area contributed by atoms with E-state index in [0.29, 0.717) is 38.1 Å². The largest absolute Gasteiger partial charge is 0.385 e. The first-order valence-electron chi connectivity index (χ1n) is 5.69. The number of nitrogens with zero attached hydrogens (tertiary/aromatic N) is 1. The second kappa shape index (κ2) is 5.98. The highest BCUT2D eigenvalue weighted by Crippen LogP contribution is 2.35. The summed E-state index contributed by atoms with van der Waals surface area (Å²) in [5.74, 6) is 0. The highest BCUT2D eigenvalue weighted by atomic mass is 32.3. The summed E-state index contributed by atoms with van der Waals surface area (Å²) in [6.45, 7) is 1.33. The molecule has 19 heavy (non-hydrogen) atoms. The second-order valence-electron chi connectivity index (χ2n) is 4.13. The van der Waals surface area contributed by atoms with Crippen LogP contribution >= 0.6 is 11.3 Å². The molecule has 0 aromatic carbocycles. The molecule has 2 rings (SSSR count). The van der Waals surface area contributed by atoms with Crippen molar-refractivity contribution in [2.45, 2.75) is 21.3 Å². The molecule has 1 aliphatic rings. The van der Waals surface area contributed by atoms with E-state index >= 15 is 0 Å². The van der Waals surface area contributed by atoms with Crippen LogP contribution in [0, 0.1) is 0 Å². The number of fused-ring (bicyclic) bond motifs is 1. The summed E-state index contributed by atoms with van der Waals surface area (Å²) in [4.78, 5) is 0. The third kappa shape index (κ3) is 3.06. The predicted molar refractivity (Wildman–Crippen MR) is 72.3 cm³/mol. The van der Waals surface area contributed by atoms with Gasteiger partial charge in [0.05, 0.1) is 0 Å². The second-order valence-corrected chi connectivity index (χ2v) is 8.51. The average Bonchev–Trinajstić information content (AvgIpc) is 2.78. The number of hydrogen-bond acceptors (Lipinski definition) is 5. The number of sulfonamides is 1. The van der Waals surface area contributed by atoms with Crippen LogP contribution in [0.2, 0.25) is 0 Å².